The summed E-state index contributed by atoms with van der Waals surface area (Å²) < 4.78 is 5.91. The zero-order valence-electron chi connectivity index (χ0n) is 16.3. The van der Waals surface area contributed by atoms with Gasteiger partial charge in [0.1, 0.15) is 12.7 Å². The summed E-state index contributed by atoms with van der Waals surface area (Å²) in [5, 5.41) is 7.42. The standard InChI is InChI=1S/C18H23N3O3.C2H4O2/c1-20-15(22)12-24-14-11-21(16(23)17(19)7-8-17)10-9-18(14,20)13-5-3-2-4-6-13;1-2(3)4/h2-6,14H,7-12,19H2,1H3;1H3,(H,3,4)/t14-,18+;/m1./s1. The van der Waals surface area contributed by atoms with Gasteiger partial charge in [0.15, 0.2) is 0 Å². The minimum atomic E-state index is -0.833. The Labute approximate surface area is 164 Å². The van der Waals surface area contributed by atoms with Crippen molar-refractivity contribution in [3.8, 4) is 0 Å². The molecular weight excluding hydrogens is 362 g/mol. The van der Waals surface area contributed by atoms with E-state index in [9.17, 15) is 9.59 Å². The summed E-state index contributed by atoms with van der Waals surface area (Å²) >= 11 is 0. The van der Waals surface area contributed by atoms with Gasteiger partial charge >= 0.3 is 0 Å². The van der Waals surface area contributed by atoms with Crippen LogP contribution in [0.25, 0.3) is 0 Å². The lowest BCUT2D eigenvalue weighted by Gasteiger charge is -2.55. The number of likely N-dealkylation sites (tertiary alicyclic amines) is 1. The number of nitrogens with zero attached hydrogens (tertiary/aromatic N) is 2. The van der Waals surface area contributed by atoms with E-state index in [0.717, 1.165) is 25.3 Å². The first-order valence-corrected chi connectivity index (χ1v) is 9.42. The Morgan fingerprint density at radius 1 is 1.21 bits per heavy atom. The minimum Gasteiger partial charge on any atom is -0.481 e. The first kappa shape index (κ1) is 20.3. The first-order valence-electron chi connectivity index (χ1n) is 9.42. The molecule has 8 nitrogen and oxygen atoms in total. The normalized spacial score (nSPS) is 28.0. The molecule has 152 valence electrons. The van der Waals surface area contributed by atoms with Crippen LogP contribution in [-0.2, 0) is 24.7 Å². The summed E-state index contributed by atoms with van der Waals surface area (Å²) in [7, 11) is 1.84. The molecule has 2 aliphatic heterocycles. The van der Waals surface area contributed by atoms with E-state index in [0.29, 0.717) is 19.5 Å². The molecule has 2 amide bonds. The maximum atomic E-state index is 12.6. The number of hydrogen-bond acceptors (Lipinski definition) is 5. The Bertz CT molecular complexity index is 760. The molecule has 1 aromatic rings. The lowest BCUT2D eigenvalue weighted by molar-refractivity contribution is -0.185. The molecule has 3 aliphatic rings. The molecule has 8 heteroatoms. The molecule has 4 rings (SSSR count). The van der Waals surface area contributed by atoms with E-state index >= 15 is 0 Å². The molecule has 0 spiro atoms. The highest BCUT2D eigenvalue weighted by molar-refractivity contribution is 5.89. The SMILES string of the molecule is CC(=O)O.CN1C(=O)CO[C@@H]2CN(C(=O)C3(N)CC3)CC[C@]21c1ccccc1. The number of fused-ring (bicyclic) bond motifs is 1. The van der Waals surface area contributed by atoms with Crippen molar-refractivity contribution < 1.29 is 24.2 Å². The molecule has 28 heavy (non-hydrogen) atoms. The molecule has 0 aromatic heterocycles. The summed E-state index contributed by atoms with van der Waals surface area (Å²) in [4.78, 5) is 37.6. The van der Waals surface area contributed by atoms with Crippen molar-refractivity contribution in [2.45, 2.75) is 43.4 Å². The number of amides is 2. The Hall–Kier alpha value is -2.45. The highest BCUT2D eigenvalue weighted by Crippen LogP contribution is 2.43. The van der Waals surface area contributed by atoms with Crippen LogP contribution in [0.1, 0.15) is 31.7 Å². The molecule has 3 fully saturated rings. The summed E-state index contributed by atoms with van der Waals surface area (Å²) in [6.45, 7) is 2.21. The van der Waals surface area contributed by atoms with E-state index < -0.39 is 17.0 Å². The monoisotopic (exact) mass is 389 g/mol. The number of piperidine rings is 1. The molecule has 2 saturated heterocycles. The van der Waals surface area contributed by atoms with E-state index in [1.54, 1.807) is 0 Å². The zero-order chi connectivity index (χ0) is 20.5. The van der Waals surface area contributed by atoms with Gasteiger partial charge in [-0.05, 0) is 24.8 Å². The molecule has 2 atom stereocenters. The molecule has 1 aromatic carbocycles. The molecule has 1 aliphatic carbocycles. The number of benzene rings is 1. The number of rotatable bonds is 2. The fourth-order valence-corrected chi connectivity index (χ4v) is 4.07. The van der Waals surface area contributed by atoms with Gasteiger partial charge in [0, 0.05) is 27.1 Å². The van der Waals surface area contributed by atoms with Crippen molar-refractivity contribution in [2.24, 2.45) is 5.73 Å². The van der Waals surface area contributed by atoms with Gasteiger partial charge in [0.05, 0.1) is 11.1 Å². The van der Waals surface area contributed by atoms with Gasteiger partial charge in [-0.3, -0.25) is 14.4 Å². The third-order valence-corrected chi connectivity index (χ3v) is 5.84. The number of carboxylic acids is 1. The van der Waals surface area contributed by atoms with Crippen LogP contribution in [0.15, 0.2) is 30.3 Å². The lowest BCUT2D eigenvalue weighted by Crippen LogP contribution is -2.68. The topological polar surface area (TPSA) is 113 Å². The van der Waals surface area contributed by atoms with Crippen molar-refractivity contribution in [1.82, 2.24) is 9.80 Å². The van der Waals surface area contributed by atoms with Gasteiger partial charge in [-0.25, -0.2) is 0 Å². The van der Waals surface area contributed by atoms with Crippen LogP contribution < -0.4 is 5.73 Å². The van der Waals surface area contributed by atoms with Crippen molar-refractivity contribution in [1.29, 1.82) is 0 Å². The van der Waals surface area contributed by atoms with Gasteiger partial charge in [-0.2, -0.15) is 0 Å². The van der Waals surface area contributed by atoms with Crippen LogP contribution in [-0.4, -0.2) is 71.1 Å². The van der Waals surface area contributed by atoms with E-state index in [2.05, 4.69) is 0 Å². The molecule has 2 heterocycles. The van der Waals surface area contributed by atoms with Crippen LogP contribution in [0, 0.1) is 0 Å². The van der Waals surface area contributed by atoms with Crippen molar-refractivity contribution in [2.75, 3.05) is 26.7 Å². The van der Waals surface area contributed by atoms with E-state index in [4.69, 9.17) is 20.4 Å². The second kappa shape index (κ2) is 7.52. The zero-order valence-corrected chi connectivity index (χ0v) is 16.3. The number of morpholine rings is 1. The second-order valence-corrected chi connectivity index (χ2v) is 7.72. The molecule has 1 saturated carbocycles. The molecule has 0 radical (unpaired) electrons. The van der Waals surface area contributed by atoms with Gasteiger partial charge in [0.2, 0.25) is 11.8 Å². The van der Waals surface area contributed by atoms with Gasteiger partial charge < -0.3 is 25.4 Å². The van der Waals surface area contributed by atoms with E-state index in [1.807, 2.05) is 47.2 Å². The van der Waals surface area contributed by atoms with Gasteiger partial charge in [0.25, 0.3) is 5.97 Å². The number of carbonyl (C=O) groups is 3. The minimum absolute atomic E-state index is 0.0207. The quantitative estimate of drug-likeness (QED) is 0.764. The fourth-order valence-electron chi connectivity index (χ4n) is 4.07. The predicted molar refractivity (Wildman–Crippen MR) is 101 cm³/mol. The highest BCUT2D eigenvalue weighted by atomic mass is 16.5. The number of aliphatic carboxylic acids is 1. The summed E-state index contributed by atoms with van der Waals surface area (Å²) in [6.07, 6.45) is 1.94. The maximum Gasteiger partial charge on any atom is 0.300 e. The number of nitrogens with two attached hydrogens (primary N) is 1. The smallest absolute Gasteiger partial charge is 0.300 e. The number of hydrogen-bond donors (Lipinski definition) is 2. The Balaban J connectivity index is 0.000000516. The third kappa shape index (κ3) is 3.62. The maximum absolute atomic E-state index is 12.6. The van der Waals surface area contributed by atoms with Crippen LogP contribution in [0.4, 0.5) is 0 Å². The van der Waals surface area contributed by atoms with Crippen LogP contribution in [0.5, 0.6) is 0 Å². The van der Waals surface area contributed by atoms with Gasteiger partial charge in [-0.15, -0.1) is 0 Å². The van der Waals surface area contributed by atoms with Crippen molar-refractivity contribution in [3.63, 3.8) is 0 Å². The Kier molecular flexibility index (Phi) is 5.45. The second-order valence-electron chi connectivity index (χ2n) is 7.72. The van der Waals surface area contributed by atoms with Crippen LogP contribution >= 0.6 is 0 Å². The highest BCUT2D eigenvalue weighted by Gasteiger charge is 2.56. The Morgan fingerprint density at radius 2 is 1.82 bits per heavy atom. The Morgan fingerprint density at radius 3 is 2.39 bits per heavy atom. The average molecular weight is 389 g/mol. The average Bonchev–Trinajstić information content (AvgIpc) is 3.43. The number of ether oxygens (including phenoxy) is 1. The predicted octanol–water partition coefficient (Wildman–Crippen LogP) is 0.554. The molecule has 0 bridgehead atoms. The lowest BCUT2D eigenvalue weighted by atomic mass is 9.76. The van der Waals surface area contributed by atoms with Gasteiger partial charge in [-0.1, -0.05) is 30.3 Å². The third-order valence-electron chi connectivity index (χ3n) is 5.84. The summed E-state index contributed by atoms with van der Waals surface area (Å²) in [5.41, 5.74) is 5.97. The summed E-state index contributed by atoms with van der Waals surface area (Å²) in [5.74, 6) is -0.834. The fraction of sp³-hybridized carbons (Fsp3) is 0.550. The molecule has 0 unspecified atom stereocenters. The van der Waals surface area contributed by atoms with E-state index in [1.165, 1.54) is 0 Å². The summed E-state index contributed by atoms with van der Waals surface area (Å²) in [6, 6.07) is 9.99. The van der Waals surface area contributed by atoms with Crippen molar-refractivity contribution in [3.05, 3.63) is 35.9 Å². The number of likely N-dealkylation sites (N-methyl/N-ethyl adjacent to an activating group) is 1. The van der Waals surface area contributed by atoms with Crippen molar-refractivity contribution >= 4 is 17.8 Å². The van der Waals surface area contributed by atoms with Crippen LogP contribution in [0.2, 0.25) is 0 Å². The molecular formula is C20H27N3O5. The number of carbonyl (C=O) groups excluding carboxylic acids is 2. The van der Waals surface area contributed by atoms with Crippen LogP contribution in [0.3, 0.4) is 0 Å². The molecule has 3 N–H and O–H groups in total. The largest absolute Gasteiger partial charge is 0.481 e. The first-order chi connectivity index (χ1) is 13.2. The number of carboxylic acid groups (broad SMARTS) is 1. The van der Waals surface area contributed by atoms with E-state index in [-0.39, 0.29) is 24.5 Å².